The molecule has 0 aromatic heterocycles. The Morgan fingerprint density at radius 3 is 2.24 bits per heavy atom. The molecule has 1 N–H and O–H groups in total. The van der Waals surface area contributed by atoms with E-state index in [1.807, 2.05) is 12.1 Å². The van der Waals surface area contributed by atoms with Crippen molar-refractivity contribution in [3.05, 3.63) is 65.8 Å². The molecule has 0 spiro atoms. The van der Waals surface area contributed by atoms with Crippen molar-refractivity contribution in [1.29, 1.82) is 0 Å². The van der Waals surface area contributed by atoms with Crippen molar-refractivity contribution in [2.75, 3.05) is 0 Å². The second-order valence-corrected chi connectivity index (χ2v) is 4.35. The SMILES string of the molecule is Oc1cccc(C2=CC=CC2)c1C1=CC=CC1. The molecule has 0 saturated carbocycles. The maximum absolute atomic E-state index is 10.1. The Balaban J connectivity index is 2.12. The molecule has 17 heavy (non-hydrogen) atoms. The third kappa shape index (κ3) is 1.74. The lowest BCUT2D eigenvalue weighted by molar-refractivity contribution is 0.473. The molecule has 0 heterocycles. The van der Waals surface area contributed by atoms with Gasteiger partial charge in [0.05, 0.1) is 0 Å². The smallest absolute Gasteiger partial charge is 0.123 e. The maximum Gasteiger partial charge on any atom is 0.123 e. The van der Waals surface area contributed by atoms with E-state index in [1.54, 1.807) is 6.07 Å². The summed E-state index contributed by atoms with van der Waals surface area (Å²) in [6, 6.07) is 5.77. The highest BCUT2D eigenvalue weighted by Gasteiger charge is 2.16. The summed E-state index contributed by atoms with van der Waals surface area (Å²) < 4.78 is 0. The minimum Gasteiger partial charge on any atom is -0.507 e. The van der Waals surface area contributed by atoms with Crippen molar-refractivity contribution in [2.24, 2.45) is 0 Å². The monoisotopic (exact) mass is 222 g/mol. The summed E-state index contributed by atoms with van der Waals surface area (Å²) in [5.41, 5.74) is 4.63. The van der Waals surface area contributed by atoms with Crippen LogP contribution in [-0.2, 0) is 0 Å². The maximum atomic E-state index is 10.1. The molecule has 0 unspecified atom stereocenters. The molecule has 0 atom stereocenters. The Labute approximate surface area is 101 Å². The molecule has 0 radical (unpaired) electrons. The van der Waals surface area contributed by atoms with Crippen LogP contribution in [0.2, 0.25) is 0 Å². The van der Waals surface area contributed by atoms with Crippen molar-refractivity contribution in [1.82, 2.24) is 0 Å². The molecule has 3 rings (SSSR count). The van der Waals surface area contributed by atoms with E-state index < -0.39 is 0 Å². The number of rotatable bonds is 2. The van der Waals surface area contributed by atoms with Gasteiger partial charge in [0.15, 0.2) is 0 Å². The second-order valence-electron chi connectivity index (χ2n) is 4.35. The third-order valence-corrected chi connectivity index (χ3v) is 3.25. The topological polar surface area (TPSA) is 20.2 Å². The minimum absolute atomic E-state index is 0.380. The predicted molar refractivity (Wildman–Crippen MR) is 71.6 cm³/mol. The minimum atomic E-state index is 0.380. The van der Waals surface area contributed by atoms with Crippen molar-refractivity contribution in [2.45, 2.75) is 12.8 Å². The second kappa shape index (κ2) is 4.10. The van der Waals surface area contributed by atoms with Gasteiger partial charge in [-0.1, -0.05) is 48.6 Å². The lowest BCUT2D eigenvalue weighted by atomic mass is 9.92. The van der Waals surface area contributed by atoms with Crippen LogP contribution >= 0.6 is 0 Å². The van der Waals surface area contributed by atoms with E-state index in [2.05, 4.69) is 36.4 Å². The first kappa shape index (κ1) is 10.2. The number of aromatic hydroxyl groups is 1. The summed E-state index contributed by atoms with van der Waals surface area (Å²) in [5.74, 6) is 0.380. The van der Waals surface area contributed by atoms with Crippen LogP contribution in [0, 0.1) is 0 Å². The zero-order valence-corrected chi connectivity index (χ0v) is 9.56. The Bertz CT molecular complexity index is 571. The van der Waals surface area contributed by atoms with Crippen molar-refractivity contribution in [3.8, 4) is 5.75 Å². The van der Waals surface area contributed by atoms with Crippen LogP contribution in [0.15, 0.2) is 54.7 Å². The number of phenols is 1. The fourth-order valence-electron chi connectivity index (χ4n) is 2.42. The van der Waals surface area contributed by atoms with Gasteiger partial charge in [0, 0.05) is 5.56 Å². The molecule has 84 valence electrons. The van der Waals surface area contributed by atoms with E-state index in [4.69, 9.17) is 0 Å². The first-order chi connectivity index (χ1) is 8.36. The molecule has 0 bridgehead atoms. The van der Waals surface area contributed by atoms with Gasteiger partial charge in [-0.25, -0.2) is 0 Å². The summed E-state index contributed by atoms with van der Waals surface area (Å²) in [6.45, 7) is 0. The summed E-state index contributed by atoms with van der Waals surface area (Å²) in [4.78, 5) is 0. The van der Waals surface area contributed by atoms with Gasteiger partial charge < -0.3 is 5.11 Å². The fraction of sp³-hybridized carbons (Fsp3) is 0.125. The predicted octanol–water partition coefficient (Wildman–Crippen LogP) is 4.08. The molecular weight excluding hydrogens is 208 g/mol. The van der Waals surface area contributed by atoms with Crippen molar-refractivity contribution >= 4 is 11.1 Å². The summed E-state index contributed by atoms with van der Waals surface area (Å²) >= 11 is 0. The number of hydrogen-bond acceptors (Lipinski definition) is 1. The quantitative estimate of drug-likeness (QED) is 0.799. The van der Waals surface area contributed by atoms with Crippen LogP contribution in [0.3, 0.4) is 0 Å². The molecule has 0 fully saturated rings. The number of phenolic OH excluding ortho intramolecular Hbond substituents is 1. The molecule has 1 aromatic carbocycles. The first-order valence-corrected chi connectivity index (χ1v) is 5.90. The van der Waals surface area contributed by atoms with Crippen LogP contribution in [-0.4, -0.2) is 5.11 Å². The molecule has 0 aliphatic heterocycles. The van der Waals surface area contributed by atoms with E-state index in [1.165, 1.54) is 11.1 Å². The van der Waals surface area contributed by atoms with Crippen molar-refractivity contribution in [3.63, 3.8) is 0 Å². The van der Waals surface area contributed by atoms with Gasteiger partial charge in [-0.2, -0.15) is 0 Å². The third-order valence-electron chi connectivity index (χ3n) is 3.25. The van der Waals surface area contributed by atoms with E-state index in [0.29, 0.717) is 5.75 Å². The van der Waals surface area contributed by atoms with E-state index in [0.717, 1.165) is 24.0 Å². The fourth-order valence-corrected chi connectivity index (χ4v) is 2.42. The highest BCUT2D eigenvalue weighted by Crippen LogP contribution is 2.38. The summed E-state index contributed by atoms with van der Waals surface area (Å²) in [7, 11) is 0. The molecule has 0 amide bonds. The lowest BCUT2D eigenvalue weighted by Crippen LogP contribution is -1.92. The van der Waals surface area contributed by atoms with Crippen molar-refractivity contribution < 1.29 is 5.11 Å². The molecule has 2 aliphatic carbocycles. The summed E-state index contributed by atoms with van der Waals surface area (Å²) in [5, 5.41) is 10.1. The zero-order valence-electron chi connectivity index (χ0n) is 9.56. The van der Waals surface area contributed by atoms with Gasteiger partial charge in [-0.15, -0.1) is 0 Å². The van der Waals surface area contributed by atoms with Crippen LogP contribution < -0.4 is 0 Å². The Kier molecular flexibility index (Phi) is 2.45. The van der Waals surface area contributed by atoms with E-state index in [9.17, 15) is 5.11 Å². The number of benzene rings is 1. The van der Waals surface area contributed by atoms with Crippen LogP contribution in [0.5, 0.6) is 5.75 Å². The highest BCUT2D eigenvalue weighted by atomic mass is 16.3. The Hall–Kier alpha value is -2.02. The van der Waals surface area contributed by atoms with E-state index in [-0.39, 0.29) is 0 Å². The molecule has 1 aromatic rings. The van der Waals surface area contributed by atoms with Gasteiger partial charge in [-0.05, 0) is 35.6 Å². The van der Waals surface area contributed by atoms with Crippen LogP contribution in [0.1, 0.15) is 24.0 Å². The first-order valence-electron chi connectivity index (χ1n) is 5.90. The molecule has 2 aliphatic rings. The zero-order chi connectivity index (χ0) is 11.7. The van der Waals surface area contributed by atoms with Crippen LogP contribution in [0.4, 0.5) is 0 Å². The highest BCUT2D eigenvalue weighted by molar-refractivity contribution is 5.86. The Morgan fingerprint density at radius 1 is 0.882 bits per heavy atom. The standard InChI is InChI=1S/C16H14O/c17-15-11-5-10-14(12-6-1-2-7-12)16(15)13-8-3-4-9-13/h1-6,8,10-11,17H,7,9H2. The van der Waals surface area contributed by atoms with E-state index >= 15 is 0 Å². The molecular formula is C16H14O. The number of allylic oxidation sites excluding steroid dienone is 8. The average Bonchev–Trinajstić information content (AvgIpc) is 3.02. The van der Waals surface area contributed by atoms with Gasteiger partial charge in [-0.3, -0.25) is 0 Å². The van der Waals surface area contributed by atoms with Crippen LogP contribution in [0.25, 0.3) is 11.1 Å². The largest absolute Gasteiger partial charge is 0.507 e. The van der Waals surface area contributed by atoms with Gasteiger partial charge in [0.25, 0.3) is 0 Å². The van der Waals surface area contributed by atoms with Gasteiger partial charge in [0.1, 0.15) is 5.75 Å². The average molecular weight is 222 g/mol. The molecule has 1 heteroatoms. The van der Waals surface area contributed by atoms with Gasteiger partial charge in [0.2, 0.25) is 0 Å². The molecule has 0 saturated heterocycles. The number of hydrogen-bond donors (Lipinski definition) is 1. The molecule has 1 nitrogen and oxygen atoms in total. The van der Waals surface area contributed by atoms with Gasteiger partial charge >= 0.3 is 0 Å². The summed E-state index contributed by atoms with van der Waals surface area (Å²) in [6.07, 6.45) is 14.5. The normalized spacial score (nSPS) is 17.4. The Morgan fingerprint density at radius 2 is 1.59 bits per heavy atom. The lowest BCUT2D eigenvalue weighted by Gasteiger charge is -2.13.